The van der Waals surface area contributed by atoms with E-state index in [0.29, 0.717) is 5.02 Å². The molecule has 1 aromatic rings. The number of halogens is 1. The van der Waals surface area contributed by atoms with Crippen molar-refractivity contribution in [2.24, 2.45) is 5.92 Å². The zero-order chi connectivity index (χ0) is 12.6. The Labute approximate surface area is 106 Å². The fourth-order valence-corrected chi connectivity index (χ4v) is 2.72. The molecule has 0 aromatic heterocycles. The molecule has 2 atom stereocenters. The van der Waals surface area contributed by atoms with Crippen LogP contribution in [-0.4, -0.2) is 23.7 Å². The van der Waals surface area contributed by atoms with Crippen molar-refractivity contribution in [2.75, 3.05) is 11.4 Å². The van der Waals surface area contributed by atoms with Gasteiger partial charge in [0, 0.05) is 23.3 Å². The van der Waals surface area contributed by atoms with Crippen LogP contribution in [0.15, 0.2) is 18.2 Å². The summed E-state index contributed by atoms with van der Waals surface area (Å²) in [4.78, 5) is 13.3. The van der Waals surface area contributed by atoms with Gasteiger partial charge in [-0.2, -0.15) is 0 Å². The summed E-state index contributed by atoms with van der Waals surface area (Å²) in [6, 6.07) is 5.81. The van der Waals surface area contributed by atoms with Gasteiger partial charge in [0.1, 0.15) is 0 Å². The predicted molar refractivity (Wildman–Crippen MR) is 68.8 cm³/mol. The van der Waals surface area contributed by atoms with Crippen molar-refractivity contribution in [1.82, 2.24) is 0 Å². The molecule has 2 rings (SSSR count). The molecule has 0 fully saturated rings. The SMILES string of the molecule is CCN1c2ccc(Cl)cc2CC1C(C)C(=O)O. The van der Waals surface area contributed by atoms with Gasteiger partial charge in [0.15, 0.2) is 0 Å². The van der Waals surface area contributed by atoms with Gasteiger partial charge in [0.05, 0.1) is 5.92 Å². The maximum absolute atomic E-state index is 11.1. The molecule has 3 nitrogen and oxygen atoms in total. The van der Waals surface area contributed by atoms with E-state index in [9.17, 15) is 4.79 Å². The van der Waals surface area contributed by atoms with Gasteiger partial charge in [0.2, 0.25) is 0 Å². The van der Waals surface area contributed by atoms with Crippen LogP contribution in [0.25, 0.3) is 0 Å². The molecule has 2 unspecified atom stereocenters. The van der Waals surface area contributed by atoms with E-state index in [1.807, 2.05) is 25.1 Å². The van der Waals surface area contributed by atoms with Crippen LogP contribution in [0.1, 0.15) is 19.4 Å². The van der Waals surface area contributed by atoms with E-state index >= 15 is 0 Å². The van der Waals surface area contributed by atoms with E-state index in [0.717, 1.165) is 24.2 Å². The van der Waals surface area contributed by atoms with E-state index in [1.165, 1.54) is 0 Å². The molecule has 1 aromatic carbocycles. The summed E-state index contributed by atoms with van der Waals surface area (Å²) in [6.45, 7) is 4.63. The second kappa shape index (κ2) is 4.57. The van der Waals surface area contributed by atoms with Gasteiger partial charge in [0.25, 0.3) is 0 Å². The van der Waals surface area contributed by atoms with Gasteiger partial charge in [-0.05, 0) is 44.0 Å². The maximum Gasteiger partial charge on any atom is 0.308 e. The first-order chi connectivity index (χ1) is 8.04. The minimum Gasteiger partial charge on any atom is -0.481 e. The van der Waals surface area contributed by atoms with Crippen molar-refractivity contribution < 1.29 is 9.90 Å². The molecule has 0 bridgehead atoms. The normalized spacial score (nSPS) is 20.2. The Hall–Kier alpha value is -1.22. The Morgan fingerprint density at radius 3 is 2.94 bits per heavy atom. The van der Waals surface area contributed by atoms with E-state index in [2.05, 4.69) is 4.90 Å². The third-order valence-corrected chi connectivity index (χ3v) is 3.72. The van der Waals surface area contributed by atoms with Gasteiger partial charge in [-0.1, -0.05) is 11.6 Å². The summed E-state index contributed by atoms with van der Waals surface area (Å²) in [5.41, 5.74) is 2.27. The molecule has 0 saturated carbocycles. The number of carbonyl (C=O) groups is 1. The Morgan fingerprint density at radius 2 is 2.35 bits per heavy atom. The molecule has 1 N–H and O–H groups in total. The average molecular weight is 254 g/mol. The smallest absolute Gasteiger partial charge is 0.308 e. The number of likely N-dealkylation sites (N-methyl/N-ethyl adjacent to an activating group) is 1. The molecule has 4 heteroatoms. The van der Waals surface area contributed by atoms with Crippen LogP contribution in [0, 0.1) is 5.92 Å². The molecule has 0 spiro atoms. The highest BCUT2D eigenvalue weighted by atomic mass is 35.5. The van der Waals surface area contributed by atoms with Crippen molar-refractivity contribution >= 4 is 23.3 Å². The van der Waals surface area contributed by atoms with Gasteiger partial charge in [-0.25, -0.2) is 0 Å². The molecule has 17 heavy (non-hydrogen) atoms. The molecule has 1 aliphatic heterocycles. The number of anilines is 1. The van der Waals surface area contributed by atoms with Crippen LogP contribution < -0.4 is 4.90 Å². The minimum absolute atomic E-state index is 0.0333. The van der Waals surface area contributed by atoms with Crippen LogP contribution >= 0.6 is 11.6 Å². The Bertz CT molecular complexity index is 447. The van der Waals surface area contributed by atoms with Crippen molar-refractivity contribution in [2.45, 2.75) is 26.3 Å². The number of carboxylic acid groups (broad SMARTS) is 1. The fraction of sp³-hybridized carbons (Fsp3) is 0.462. The third kappa shape index (κ3) is 2.12. The van der Waals surface area contributed by atoms with Gasteiger partial charge < -0.3 is 10.0 Å². The monoisotopic (exact) mass is 253 g/mol. The van der Waals surface area contributed by atoms with Crippen molar-refractivity contribution in [3.8, 4) is 0 Å². The minimum atomic E-state index is -0.743. The van der Waals surface area contributed by atoms with Crippen molar-refractivity contribution in [3.05, 3.63) is 28.8 Å². The Kier molecular flexibility index (Phi) is 3.29. The number of hydrogen-bond donors (Lipinski definition) is 1. The standard InChI is InChI=1S/C13H16ClNO2/c1-3-15-11-5-4-10(14)6-9(11)7-12(15)8(2)13(16)17/h4-6,8,12H,3,7H2,1-2H3,(H,16,17). The summed E-state index contributed by atoms with van der Waals surface area (Å²) >= 11 is 5.97. The second-order valence-corrected chi connectivity index (χ2v) is 4.89. The maximum atomic E-state index is 11.1. The first kappa shape index (κ1) is 12.2. The van der Waals surface area contributed by atoms with E-state index in [4.69, 9.17) is 16.7 Å². The van der Waals surface area contributed by atoms with Crippen molar-refractivity contribution in [1.29, 1.82) is 0 Å². The lowest BCUT2D eigenvalue weighted by Crippen LogP contribution is -2.40. The van der Waals surface area contributed by atoms with Crippen LogP contribution in [0.4, 0.5) is 5.69 Å². The molecule has 0 aliphatic carbocycles. The molecule has 0 saturated heterocycles. The molecular formula is C13H16ClNO2. The van der Waals surface area contributed by atoms with Crippen LogP contribution in [0.5, 0.6) is 0 Å². The third-order valence-electron chi connectivity index (χ3n) is 3.49. The predicted octanol–water partition coefficient (Wildman–Crippen LogP) is 2.81. The van der Waals surface area contributed by atoms with E-state index < -0.39 is 5.97 Å². The molecule has 1 aliphatic rings. The lowest BCUT2D eigenvalue weighted by atomic mass is 9.98. The number of carboxylic acids is 1. The summed E-state index contributed by atoms with van der Waals surface area (Å²) in [6.07, 6.45) is 0.761. The highest BCUT2D eigenvalue weighted by Gasteiger charge is 2.35. The van der Waals surface area contributed by atoms with Crippen molar-refractivity contribution in [3.63, 3.8) is 0 Å². The molecular weight excluding hydrogens is 238 g/mol. The zero-order valence-electron chi connectivity index (χ0n) is 9.98. The summed E-state index contributed by atoms with van der Waals surface area (Å²) in [7, 11) is 0. The highest BCUT2D eigenvalue weighted by molar-refractivity contribution is 6.30. The number of fused-ring (bicyclic) bond motifs is 1. The number of aliphatic carboxylic acids is 1. The van der Waals surface area contributed by atoms with Gasteiger partial charge >= 0.3 is 5.97 Å². The van der Waals surface area contributed by atoms with Gasteiger partial charge in [-0.15, -0.1) is 0 Å². The van der Waals surface area contributed by atoms with Crippen LogP contribution in [0.3, 0.4) is 0 Å². The molecule has 0 radical (unpaired) electrons. The average Bonchev–Trinajstić information content (AvgIpc) is 2.64. The quantitative estimate of drug-likeness (QED) is 0.901. The first-order valence-corrected chi connectivity index (χ1v) is 6.20. The molecule has 0 amide bonds. The summed E-state index contributed by atoms with van der Waals surface area (Å²) < 4.78 is 0. The fourth-order valence-electron chi connectivity index (χ4n) is 2.53. The Balaban J connectivity index is 2.34. The lowest BCUT2D eigenvalue weighted by Gasteiger charge is -2.28. The summed E-state index contributed by atoms with van der Waals surface area (Å²) in [5, 5.41) is 9.85. The first-order valence-electron chi connectivity index (χ1n) is 5.82. The largest absolute Gasteiger partial charge is 0.481 e. The topological polar surface area (TPSA) is 40.5 Å². The zero-order valence-corrected chi connectivity index (χ0v) is 10.7. The summed E-state index contributed by atoms with van der Waals surface area (Å²) in [5.74, 6) is -1.12. The van der Waals surface area contributed by atoms with E-state index in [-0.39, 0.29) is 12.0 Å². The van der Waals surface area contributed by atoms with Crippen LogP contribution in [0.2, 0.25) is 5.02 Å². The molecule has 92 valence electrons. The highest BCUT2D eigenvalue weighted by Crippen LogP contribution is 2.36. The van der Waals surface area contributed by atoms with Crippen LogP contribution in [-0.2, 0) is 11.2 Å². The van der Waals surface area contributed by atoms with Gasteiger partial charge in [-0.3, -0.25) is 4.79 Å². The second-order valence-electron chi connectivity index (χ2n) is 4.46. The number of benzene rings is 1. The Morgan fingerprint density at radius 1 is 1.65 bits per heavy atom. The van der Waals surface area contributed by atoms with E-state index in [1.54, 1.807) is 6.92 Å². The number of rotatable bonds is 3. The number of nitrogens with zero attached hydrogens (tertiary/aromatic N) is 1. The molecule has 1 heterocycles. The lowest BCUT2D eigenvalue weighted by molar-refractivity contribution is -0.141. The number of hydrogen-bond acceptors (Lipinski definition) is 2.